The van der Waals surface area contributed by atoms with Crippen LogP contribution in [0.4, 0.5) is 0 Å². The molecule has 0 saturated heterocycles. The number of hydrogen-bond acceptors (Lipinski definition) is 0. The molecule has 0 atom stereocenters. The van der Waals surface area contributed by atoms with Crippen molar-refractivity contribution in [2.45, 2.75) is 19.8 Å². The molecule has 0 spiro atoms. The van der Waals surface area contributed by atoms with Crippen LogP contribution < -0.4 is 0 Å². The van der Waals surface area contributed by atoms with Crippen molar-refractivity contribution in [1.82, 2.24) is 0 Å². The molecule has 0 aliphatic heterocycles. The highest BCUT2D eigenvalue weighted by molar-refractivity contribution is 14.1. The molecule has 0 amide bonds. The van der Waals surface area contributed by atoms with E-state index in [2.05, 4.69) is 48.6 Å². The van der Waals surface area contributed by atoms with Crippen LogP contribution in [-0.2, 0) is 0 Å². The SMILES string of the molecule is CC(C)c1ccc(I)cc1Cl. The highest BCUT2D eigenvalue weighted by Gasteiger charge is 2.03. The van der Waals surface area contributed by atoms with Crippen molar-refractivity contribution < 1.29 is 0 Å². The van der Waals surface area contributed by atoms with E-state index >= 15 is 0 Å². The molecular weight excluding hydrogens is 270 g/mol. The molecule has 1 aromatic rings. The third-order valence-electron chi connectivity index (χ3n) is 1.58. The molecule has 1 rings (SSSR count). The maximum Gasteiger partial charge on any atom is 0.0451 e. The van der Waals surface area contributed by atoms with Gasteiger partial charge >= 0.3 is 0 Å². The summed E-state index contributed by atoms with van der Waals surface area (Å²) in [7, 11) is 0. The van der Waals surface area contributed by atoms with E-state index in [1.165, 1.54) is 9.13 Å². The van der Waals surface area contributed by atoms with E-state index in [4.69, 9.17) is 11.6 Å². The second-order valence-corrected chi connectivity index (χ2v) is 4.47. The number of halogens is 2. The second-order valence-electron chi connectivity index (χ2n) is 2.82. The van der Waals surface area contributed by atoms with E-state index < -0.39 is 0 Å². The van der Waals surface area contributed by atoms with Gasteiger partial charge in [0.2, 0.25) is 0 Å². The third-order valence-corrected chi connectivity index (χ3v) is 2.58. The van der Waals surface area contributed by atoms with E-state index in [-0.39, 0.29) is 0 Å². The van der Waals surface area contributed by atoms with E-state index in [1.54, 1.807) is 0 Å². The van der Waals surface area contributed by atoms with Gasteiger partial charge in [-0.3, -0.25) is 0 Å². The summed E-state index contributed by atoms with van der Waals surface area (Å²) in [5.74, 6) is 0.513. The monoisotopic (exact) mass is 280 g/mol. The predicted octanol–water partition coefficient (Wildman–Crippen LogP) is 4.07. The van der Waals surface area contributed by atoms with Gasteiger partial charge in [-0.15, -0.1) is 0 Å². The molecule has 0 unspecified atom stereocenters. The van der Waals surface area contributed by atoms with Crippen LogP contribution in [0.1, 0.15) is 25.3 Å². The van der Waals surface area contributed by atoms with Crippen LogP contribution in [-0.4, -0.2) is 0 Å². The Morgan fingerprint density at radius 2 is 2.00 bits per heavy atom. The summed E-state index contributed by atoms with van der Waals surface area (Å²) in [6.07, 6.45) is 0. The molecule has 0 saturated carbocycles. The highest BCUT2D eigenvalue weighted by atomic mass is 127. The van der Waals surface area contributed by atoms with Gasteiger partial charge in [-0.2, -0.15) is 0 Å². The zero-order valence-electron chi connectivity index (χ0n) is 6.57. The zero-order chi connectivity index (χ0) is 8.43. The fourth-order valence-corrected chi connectivity index (χ4v) is 2.04. The van der Waals surface area contributed by atoms with Crippen molar-refractivity contribution in [3.05, 3.63) is 32.4 Å². The van der Waals surface area contributed by atoms with Crippen LogP contribution in [0, 0.1) is 3.57 Å². The molecule has 0 aliphatic carbocycles. The molecule has 0 aromatic heterocycles. The second kappa shape index (κ2) is 3.76. The summed E-state index contributed by atoms with van der Waals surface area (Å²) in [6.45, 7) is 4.29. The molecule has 0 radical (unpaired) electrons. The minimum Gasteiger partial charge on any atom is -0.0840 e. The molecule has 0 heterocycles. The summed E-state index contributed by atoms with van der Waals surface area (Å²) >= 11 is 8.28. The average Bonchev–Trinajstić information content (AvgIpc) is 1.85. The molecule has 1 aromatic carbocycles. The van der Waals surface area contributed by atoms with Crippen molar-refractivity contribution in [2.24, 2.45) is 0 Å². The smallest absolute Gasteiger partial charge is 0.0451 e. The summed E-state index contributed by atoms with van der Waals surface area (Å²) < 4.78 is 1.19. The minimum absolute atomic E-state index is 0.513. The van der Waals surface area contributed by atoms with Gasteiger partial charge in [0.15, 0.2) is 0 Å². The van der Waals surface area contributed by atoms with Gasteiger partial charge in [0.25, 0.3) is 0 Å². The Bertz CT molecular complexity index is 256. The lowest BCUT2D eigenvalue weighted by Crippen LogP contribution is -1.88. The highest BCUT2D eigenvalue weighted by Crippen LogP contribution is 2.25. The van der Waals surface area contributed by atoms with E-state index in [0.717, 1.165) is 5.02 Å². The number of benzene rings is 1. The first-order valence-electron chi connectivity index (χ1n) is 3.56. The zero-order valence-corrected chi connectivity index (χ0v) is 9.48. The average molecular weight is 281 g/mol. The quantitative estimate of drug-likeness (QED) is 0.680. The van der Waals surface area contributed by atoms with E-state index in [1.807, 2.05) is 6.07 Å². The van der Waals surface area contributed by atoms with Crippen LogP contribution in [0.5, 0.6) is 0 Å². The van der Waals surface area contributed by atoms with Crippen molar-refractivity contribution in [3.8, 4) is 0 Å². The lowest BCUT2D eigenvalue weighted by atomic mass is 10.0. The van der Waals surface area contributed by atoms with Gasteiger partial charge in [0.1, 0.15) is 0 Å². The predicted molar refractivity (Wildman–Crippen MR) is 58.3 cm³/mol. The van der Waals surface area contributed by atoms with Gasteiger partial charge in [-0.25, -0.2) is 0 Å². The largest absolute Gasteiger partial charge is 0.0840 e. The topological polar surface area (TPSA) is 0 Å². The molecular formula is C9H10ClI. The summed E-state index contributed by atoms with van der Waals surface area (Å²) in [5, 5.41) is 0.881. The number of rotatable bonds is 1. The molecule has 0 bridgehead atoms. The fourth-order valence-electron chi connectivity index (χ4n) is 0.970. The first-order valence-corrected chi connectivity index (χ1v) is 5.02. The van der Waals surface area contributed by atoms with Crippen molar-refractivity contribution >= 4 is 34.2 Å². The Morgan fingerprint density at radius 3 is 2.45 bits per heavy atom. The molecule has 0 aliphatic rings. The van der Waals surface area contributed by atoms with Crippen LogP contribution >= 0.6 is 34.2 Å². The van der Waals surface area contributed by atoms with Crippen LogP contribution in [0.3, 0.4) is 0 Å². The first kappa shape index (κ1) is 9.33. The van der Waals surface area contributed by atoms with Crippen molar-refractivity contribution in [3.63, 3.8) is 0 Å². The third kappa shape index (κ3) is 2.34. The molecule has 0 N–H and O–H groups in total. The standard InChI is InChI=1S/C9H10ClI/c1-6(2)8-4-3-7(11)5-9(8)10/h3-6H,1-2H3. The summed E-state index contributed by atoms with van der Waals surface area (Å²) in [5.41, 5.74) is 1.23. The lowest BCUT2D eigenvalue weighted by molar-refractivity contribution is 0.866. The first-order chi connectivity index (χ1) is 5.11. The van der Waals surface area contributed by atoms with Gasteiger partial charge in [0.05, 0.1) is 0 Å². The lowest BCUT2D eigenvalue weighted by Gasteiger charge is -2.07. The van der Waals surface area contributed by atoms with Crippen LogP contribution in [0.25, 0.3) is 0 Å². The summed E-state index contributed by atoms with van der Waals surface area (Å²) in [4.78, 5) is 0. The Kier molecular flexibility index (Phi) is 3.19. The molecule has 2 heteroatoms. The molecule has 60 valence electrons. The Hall–Kier alpha value is 0.240. The Labute approximate surface area is 86.1 Å². The molecule has 0 fully saturated rings. The van der Waals surface area contributed by atoms with Gasteiger partial charge < -0.3 is 0 Å². The fraction of sp³-hybridized carbons (Fsp3) is 0.333. The van der Waals surface area contributed by atoms with Crippen molar-refractivity contribution in [1.29, 1.82) is 0 Å². The number of hydrogen-bond donors (Lipinski definition) is 0. The van der Waals surface area contributed by atoms with Gasteiger partial charge in [-0.05, 0) is 46.2 Å². The van der Waals surface area contributed by atoms with Crippen LogP contribution in [0.15, 0.2) is 18.2 Å². The molecule has 0 nitrogen and oxygen atoms in total. The Morgan fingerprint density at radius 1 is 1.36 bits per heavy atom. The Balaban J connectivity index is 3.09. The van der Waals surface area contributed by atoms with Gasteiger partial charge in [-0.1, -0.05) is 31.5 Å². The van der Waals surface area contributed by atoms with E-state index in [9.17, 15) is 0 Å². The minimum atomic E-state index is 0.513. The maximum absolute atomic E-state index is 6.02. The van der Waals surface area contributed by atoms with Crippen LogP contribution in [0.2, 0.25) is 5.02 Å². The molecule has 11 heavy (non-hydrogen) atoms. The normalized spacial score (nSPS) is 10.6. The van der Waals surface area contributed by atoms with Gasteiger partial charge in [0, 0.05) is 8.59 Å². The summed E-state index contributed by atoms with van der Waals surface area (Å²) in [6, 6.07) is 6.17. The maximum atomic E-state index is 6.02. The van der Waals surface area contributed by atoms with Crippen molar-refractivity contribution in [2.75, 3.05) is 0 Å². The van der Waals surface area contributed by atoms with E-state index in [0.29, 0.717) is 5.92 Å².